The average Bonchev–Trinajstić information content (AvgIpc) is 3.14. The lowest BCUT2D eigenvalue weighted by atomic mass is 9.89. The SMILES string of the molecule is CCNC1CCC2(CC1S(=O)CC1CCCC1)OCCO2. The van der Waals surface area contributed by atoms with Gasteiger partial charge in [-0.15, -0.1) is 0 Å². The van der Waals surface area contributed by atoms with Gasteiger partial charge in [0.05, 0.1) is 18.5 Å². The van der Waals surface area contributed by atoms with Crippen molar-refractivity contribution in [2.45, 2.75) is 68.9 Å². The highest BCUT2D eigenvalue weighted by Crippen LogP contribution is 2.38. The molecule has 0 aromatic heterocycles. The number of hydrogen-bond acceptors (Lipinski definition) is 4. The van der Waals surface area contributed by atoms with Crippen LogP contribution >= 0.6 is 0 Å². The summed E-state index contributed by atoms with van der Waals surface area (Å²) in [4.78, 5) is 0. The fraction of sp³-hybridized carbons (Fsp3) is 1.00. The van der Waals surface area contributed by atoms with E-state index in [0.29, 0.717) is 25.2 Å². The van der Waals surface area contributed by atoms with Gasteiger partial charge in [0.15, 0.2) is 5.79 Å². The number of hydrogen-bond donors (Lipinski definition) is 1. The summed E-state index contributed by atoms with van der Waals surface area (Å²) in [5.41, 5.74) is 0. The first-order valence-corrected chi connectivity index (χ1v) is 9.99. The lowest BCUT2D eigenvalue weighted by molar-refractivity contribution is -0.178. The van der Waals surface area contributed by atoms with Gasteiger partial charge in [-0.3, -0.25) is 4.21 Å². The molecule has 4 nitrogen and oxygen atoms in total. The summed E-state index contributed by atoms with van der Waals surface area (Å²) in [6.07, 6.45) is 7.91. The highest BCUT2D eigenvalue weighted by molar-refractivity contribution is 7.85. The quantitative estimate of drug-likeness (QED) is 0.845. The lowest BCUT2D eigenvalue weighted by Gasteiger charge is -2.41. The van der Waals surface area contributed by atoms with Crippen LogP contribution in [0.3, 0.4) is 0 Å². The maximum atomic E-state index is 12.9. The molecule has 3 rings (SSSR count). The highest BCUT2D eigenvalue weighted by atomic mass is 32.2. The fourth-order valence-electron chi connectivity index (χ4n) is 4.18. The molecule has 2 aliphatic carbocycles. The van der Waals surface area contributed by atoms with Crippen LogP contribution in [0, 0.1) is 5.92 Å². The van der Waals surface area contributed by atoms with Crippen molar-refractivity contribution in [3.05, 3.63) is 0 Å². The molecule has 1 saturated heterocycles. The van der Waals surface area contributed by atoms with Crippen LogP contribution in [-0.2, 0) is 20.3 Å². The molecule has 0 aromatic carbocycles. The summed E-state index contributed by atoms with van der Waals surface area (Å²) in [6.45, 7) is 4.45. The second-order valence-corrected chi connectivity index (χ2v) is 8.45. The van der Waals surface area contributed by atoms with Crippen molar-refractivity contribution in [3.8, 4) is 0 Å². The molecule has 0 bridgehead atoms. The maximum Gasteiger partial charge on any atom is 0.169 e. The molecular weight excluding hydrogens is 286 g/mol. The van der Waals surface area contributed by atoms with E-state index < -0.39 is 16.6 Å². The van der Waals surface area contributed by atoms with Crippen LogP contribution < -0.4 is 5.32 Å². The van der Waals surface area contributed by atoms with E-state index in [-0.39, 0.29) is 5.25 Å². The van der Waals surface area contributed by atoms with Gasteiger partial charge in [-0.05, 0) is 31.7 Å². The Labute approximate surface area is 130 Å². The summed E-state index contributed by atoms with van der Waals surface area (Å²) < 4.78 is 24.7. The molecule has 3 atom stereocenters. The monoisotopic (exact) mass is 315 g/mol. The lowest BCUT2D eigenvalue weighted by Crippen LogP contribution is -2.53. The van der Waals surface area contributed by atoms with Gasteiger partial charge in [-0.2, -0.15) is 0 Å². The molecule has 21 heavy (non-hydrogen) atoms. The average molecular weight is 315 g/mol. The Balaban J connectivity index is 1.65. The van der Waals surface area contributed by atoms with E-state index in [1.807, 2.05) is 0 Å². The topological polar surface area (TPSA) is 47.6 Å². The van der Waals surface area contributed by atoms with E-state index in [0.717, 1.165) is 31.6 Å². The molecule has 5 heteroatoms. The first-order chi connectivity index (χ1) is 10.2. The zero-order valence-electron chi connectivity index (χ0n) is 13.1. The van der Waals surface area contributed by atoms with Crippen LogP contribution in [0.1, 0.15) is 51.9 Å². The minimum atomic E-state index is -0.772. The molecule has 0 aromatic rings. The predicted molar refractivity (Wildman–Crippen MR) is 84.7 cm³/mol. The number of ether oxygens (including phenoxy) is 2. The zero-order valence-corrected chi connectivity index (χ0v) is 14.0. The van der Waals surface area contributed by atoms with Crippen LogP contribution in [0.5, 0.6) is 0 Å². The largest absolute Gasteiger partial charge is 0.347 e. The molecule has 3 aliphatic rings. The molecule has 2 saturated carbocycles. The molecule has 0 amide bonds. The van der Waals surface area contributed by atoms with Crippen molar-refractivity contribution in [1.82, 2.24) is 5.32 Å². The third-order valence-corrected chi connectivity index (χ3v) is 7.26. The minimum Gasteiger partial charge on any atom is -0.347 e. The van der Waals surface area contributed by atoms with Crippen LogP contribution in [0.25, 0.3) is 0 Å². The van der Waals surface area contributed by atoms with E-state index in [1.54, 1.807) is 0 Å². The smallest absolute Gasteiger partial charge is 0.169 e. The fourth-order valence-corrected chi connectivity index (χ4v) is 6.26. The van der Waals surface area contributed by atoms with Gasteiger partial charge < -0.3 is 14.8 Å². The molecule has 0 radical (unpaired) electrons. The molecular formula is C16H29NO3S. The summed E-state index contributed by atoms with van der Waals surface area (Å²) in [7, 11) is -0.772. The van der Waals surface area contributed by atoms with Crippen molar-refractivity contribution >= 4 is 10.8 Å². The number of nitrogens with one attached hydrogen (secondary N) is 1. The second kappa shape index (κ2) is 7.07. The van der Waals surface area contributed by atoms with Gasteiger partial charge in [0.25, 0.3) is 0 Å². The summed E-state index contributed by atoms with van der Waals surface area (Å²) in [5, 5.41) is 3.72. The first-order valence-electron chi connectivity index (χ1n) is 8.61. The first kappa shape index (κ1) is 15.9. The van der Waals surface area contributed by atoms with Crippen molar-refractivity contribution in [1.29, 1.82) is 0 Å². The van der Waals surface area contributed by atoms with Gasteiger partial charge in [0.1, 0.15) is 0 Å². The van der Waals surface area contributed by atoms with E-state index in [2.05, 4.69) is 12.2 Å². The van der Waals surface area contributed by atoms with Crippen molar-refractivity contribution < 1.29 is 13.7 Å². The van der Waals surface area contributed by atoms with Gasteiger partial charge >= 0.3 is 0 Å². The van der Waals surface area contributed by atoms with Crippen LogP contribution in [0.4, 0.5) is 0 Å². The van der Waals surface area contributed by atoms with Gasteiger partial charge in [-0.25, -0.2) is 0 Å². The van der Waals surface area contributed by atoms with Crippen molar-refractivity contribution in [2.24, 2.45) is 5.92 Å². The molecule has 1 heterocycles. The Bertz CT molecular complexity index is 365. The van der Waals surface area contributed by atoms with E-state index in [1.165, 1.54) is 25.7 Å². The van der Waals surface area contributed by atoms with E-state index in [4.69, 9.17) is 9.47 Å². The predicted octanol–water partition coefficient (Wildman–Crippen LogP) is 2.20. The maximum absolute atomic E-state index is 12.9. The summed E-state index contributed by atoms with van der Waals surface area (Å²) in [5.74, 6) is 1.13. The minimum absolute atomic E-state index is 0.178. The molecule has 3 fully saturated rings. The van der Waals surface area contributed by atoms with Gasteiger partial charge in [-0.1, -0.05) is 19.8 Å². The Morgan fingerprint density at radius 2 is 1.90 bits per heavy atom. The third kappa shape index (κ3) is 3.69. The third-order valence-electron chi connectivity index (χ3n) is 5.29. The molecule has 1 aliphatic heterocycles. The zero-order chi connectivity index (χ0) is 14.7. The van der Waals surface area contributed by atoms with Crippen LogP contribution in [0.2, 0.25) is 0 Å². The summed E-state index contributed by atoms with van der Waals surface area (Å²) in [6, 6.07) is 0.357. The molecule has 122 valence electrons. The standard InChI is InChI=1S/C16H29NO3S/c1-2-17-14-7-8-16(19-9-10-20-16)11-15(14)21(18)12-13-5-3-4-6-13/h13-15,17H,2-12H2,1H3. The Morgan fingerprint density at radius 1 is 1.19 bits per heavy atom. The highest BCUT2D eigenvalue weighted by Gasteiger charge is 2.47. The molecule has 3 unspecified atom stereocenters. The number of rotatable bonds is 5. The molecule has 1 spiro atoms. The van der Waals surface area contributed by atoms with Crippen molar-refractivity contribution in [2.75, 3.05) is 25.5 Å². The van der Waals surface area contributed by atoms with Gasteiger partial charge in [0.2, 0.25) is 0 Å². The normalized spacial score (nSPS) is 34.5. The van der Waals surface area contributed by atoms with Crippen molar-refractivity contribution in [3.63, 3.8) is 0 Å². The second-order valence-electron chi connectivity index (χ2n) is 6.75. The Morgan fingerprint density at radius 3 is 2.57 bits per heavy atom. The Kier molecular flexibility index (Phi) is 5.36. The van der Waals surface area contributed by atoms with Crippen LogP contribution in [-0.4, -0.2) is 46.8 Å². The summed E-state index contributed by atoms with van der Waals surface area (Å²) >= 11 is 0. The van der Waals surface area contributed by atoms with Crippen LogP contribution in [0.15, 0.2) is 0 Å². The van der Waals surface area contributed by atoms with E-state index in [9.17, 15) is 4.21 Å². The van der Waals surface area contributed by atoms with E-state index >= 15 is 0 Å². The Hall–Kier alpha value is 0.0300. The van der Waals surface area contributed by atoms with Gasteiger partial charge in [0, 0.05) is 35.4 Å². The molecule has 1 N–H and O–H groups in total.